The summed E-state index contributed by atoms with van der Waals surface area (Å²) in [6.45, 7) is 0. The zero-order chi connectivity index (χ0) is 13.9. The van der Waals surface area contributed by atoms with E-state index in [-0.39, 0.29) is 5.24 Å². The Labute approximate surface area is 127 Å². The van der Waals surface area contributed by atoms with Gasteiger partial charge in [0.2, 0.25) is 0 Å². The number of carbonyl (C=O) groups is 1. The Hall–Kier alpha value is -1.91. The summed E-state index contributed by atoms with van der Waals surface area (Å²) in [5.41, 5.74) is 1.85. The maximum absolute atomic E-state index is 12.1. The van der Waals surface area contributed by atoms with Crippen molar-refractivity contribution in [1.29, 1.82) is 0 Å². The average molecular weight is 297 g/mol. The first kappa shape index (κ1) is 13.1. The minimum atomic E-state index is -0.0524. The van der Waals surface area contributed by atoms with Gasteiger partial charge in [-0.05, 0) is 35.5 Å². The molecule has 0 N–H and O–H groups in total. The first-order chi connectivity index (χ1) is 9.75. The lowest BCUT2D eigenvalue weighted by Gasteiger charge is -2.14. The number of benzene rings is 2. The fraction of sp³-hybridized carbons (Fsp3) is 0. The van der Waals surface area contributed by atoms with Gasteiger partial charge in [0.15, 0.2) is 0 Å². The third-order valence-corrected chi connectivity index (χ3v) is 4.33. The van der Waals surface area contributed by atoms with Crippen LogP contribution in [0.15, 0.2) is 65.6 Å². The number of thioether (sulfide) groups is 1. The van der Waals surface area contributed by atoms with Gasteiger partial charge in [0.1, 0.15) is 4.99 Å². The van der Waals surface area contributed by atoms with E-state index < -0.39 is 0 Å². The highest BCUT2D eigenvalue weighted by Crippen LogP contribution is 2.36. The average Bonchev–Trinajstić information content (AvgIpc) is 2.75. The number of thiocarbonyl (C=S) groups is 1. The Morgan fingerprint density at radius 1 is 0.950 bits per heavy atom. The molecule has 0 unspecified atom stereocenters. The van der Waals surface area contributed by atoms with Crippen molar-refractivity contribution in [3.8, 4) is 0 Å². The smallest absolute Gasteiger partial charge is 0.261 e. The number of rotatable bonds is 2. The maximum atomic E-state index is 12.1. The van der Waals surface area contributed by atoms with Crippen molar-refractivity contribution in [1.82, 2.24) is 0 Å². The molecule has 2 aromatic carbocycles. The van der Waals surface area contributed by atoms with Gasteiger partial charge in [0, 0.05) is 0 Å². The van der Waals surface area contributed by atoms with Gasteiger partial charge < -0.3 is 0 Å². The van der Waals surface area contributed by atoms with Crippen LogP contribution in [0, 0.1) is 0 Å². The zero-order valence-electron chi connectivity index (χ0n) is 10.5. The molecule has 1 saturated heterocycles. The minimum absolute atomic E-state index is 0.0524. The van der Waals surface area contributed by atoms with Gasteiger partial charge in [-0.3, -0.25) is 9.69 Å². The molecule has 0 bridgehead atoms. The van der Waals surface area contributed by atoms with Crippen LogP contribution in [0.2, 0.25) is 0 Å². The van der Waals surface area contributed by atoms with Crippen molar-refractivity contribution < 1.29 is 4.79 Å². The molecule has 2 nitrogen and oxygen atoms in total. The van der Waals surface area contributed by atoms with E-state index in [2.05, 4.69) is 0 Å². The van der Waals surface area contributed by atoms with Crippen LogP contribution < -0.4 is 4.90 Å². The molecular weight excluding hydrogens is 286 g/mol. The first-order valence-corrected chi connectivity index (χ1v) is 7.36. The monoisotopic (exact) mass is 297 g/mol. The van der Waals surface area contributed by atoms with Crippen LogP contribution >= 0.6 is 24.0 Å². The summed E-state index contributed by atoms with van der Waals surface area (Å²) in [7, 11) is 0. The predicted molar refractivity (Wildman–Crippen MR) is 88.9 cm³/mol. The molecule has 3 rings (SSSR count). The third-order valence-electron chi connectivity index (χ3n) is 2.91. The third kappa shape index (κ3) is 2.53. The molecule has 1 heterocycles. The van der Waals surface area contributed by atoms with Crippen LogP contribution in [0.5, 0.6) is 0 Å². The lowest BCUT2D eigenvalue weighted by molar-refractivity contribution is 0.268. The Morgan fingerprint density at radius 3 is 2.20 bits per heavy atom. The molecular formula is C16H11NOS2. The molecule has 1 aliphatic heterocycles. The Morgan fingerprint density at radius 2 is 1.55 bits per heavy atom. The maximum Gasteiger partial charge on any atom is 0.296 e. The van der Waals surface area contributed by atoms with Crippen LogP contribution in [0.25, 0.3) is 6.08 Å². The predicted octanol–water partition coefficient (Wildman–Crippen LogP) is 4.73. The quantitative estimate of drug-likeness (QED) is 0.590. The second-order valence-electron chi connectivity index (χ2n) is 4.26. The fourth-order valence-electron chi connectivity index (χ4n) is 1.97. The van der Waals surface area contributed by atoms with Crippen LogP contribution in [-0.4, -0.2) is 10.2 Å². The summed E-state index contributed by atoms with van der Waals surface area (Å²) in [6.07, 6.45) is 1.95. The van der Waals surface area contributed by atoms with E-state index in [1.165, 1.54) is 11.8 Å². The molecule has 2 aromatic rings. The standard InChI is InChI=1S/C16H11NOS2/c18-16-17(13-9-5-2-6-10-13)15(19)14(20-16)11-12-7-3-1-4-8-12/h1-11H/b14-11-. The van der Waals surface area contributed by atoms with Crippen LogP contribution in [0.1, 0.15) is 5.56 Å². The van der Waals surface area contributed by atoms with Crippen molar-refractivity contribution in [2.75, 3.05) is 4.90 Å². The first-order valence-electron chi connectivity index (χ1n) is 6.14. The summed E-state index contributed by atoms with van der Waals surface area (Å²) in [4.78, 5) is 15.1. The van der Waals surface area contributed by atoms with Crippen LogP contribution in [0.4, 0.5) is 10.5 Å². The SMILES string of the molecule is O=C1S/C(=C\c2ccccc2)C(=S)N1c1ccccc1. The molecule has 0 radical (unpaired) electrons. The van der Waals surface area contributed by atoms with Crippen LogP contribution in [-0.2, 0) is 0 Å². The second kappa shape index (κ2) is 5.61. The van der Waals surface area contributed by atoms with E-state index in [1.54, 1.807) is 4.90 Å². The minimum Gasteiger partial charge on any atom is -0.261 e. The number of nitrogens with zero attached hydrogens (tertiary/aromatic N) is 1. The Balaban J connectivity index is 1.93. The molecule has 1 amide bonds. The van der Waals surface area contributed by atoms with Crippen molar-refractivity contribution in [3.63, 3.8) is 0 Å². The molecule has 0 saturated carbocycles. The summed E-state index contributed by atoms with van der Waals surface area (Å²) in [5.74, 6) is 0. The number of anilines is 1. The lowest BCUT2D eigenvalue weighted by Crippen LogP contribution is -2.26. The van der Waals surface area contributed by atoms with Gasteiger partial charge in [-0.2, -0.15) is 0 Å². The van der Waals surface area contributed by atoms with Crippen LogP contribution in [0.3, 0.4) is 0 Å². The van der Waals surface area contributed by atoms with Crippen molar-refractivity contribution in [2.24, 2.45) is 0 Å². The molecule has 0 spiro atoms. The highest BCUT2D eigenvalue weighted by atomic mass is 32.2. The number of hydrogen-bond donors (Lipinski definition) is 0. The number of carbonyl (C=O) groups excluding carboxylic acids is 1. The normalized spacial score (nSPS) is 17.0. The van der Waals surface area contributed by atoms with E-state index >= 15 is 0 Å². The van der Waals surface area contributed by atoms with Crippen molar-refractivity contribution in [2.45, 2.75) is 0 Å². The van der Waals surface area contributed by atoms with Gasteiger partial charge in [0.25, 0.3) is 5.24 Å². The van der Waals surface area contributed by atoms with E-state index in [4.69, 9.17) is 12.2 Å². The van der Waals surface area contributed by atoms with E-state index in [0.717, 1.165) is 16.2 Å². The summed E-state index contributed by atoms with van der Waals surface area (Å²) in [5, 5.41) is -0.0524. The number of para-hydroxylation sites is 1. The molecule has 0 aliphatic carbocycles. The van der Waals surface area contributed by atoms with Crippen molar-refractivity contribution in [3.05, 3.63) is 71.1 Å². The molecule has 1 fully saturated rings. The van der Waals surface area contributed by atoms with Gasteiger partial charge in [-0.1, -0.05) is 60.7 Å². The van der Waals surface area contributed by atoms with Gasteiger partial charge >= 0.3 is 0 Å². The van der Waals surface area contributed by atoms with E-state index in [9.17, 15) is 4.79 Å². The van der Waals surface area contributed by atoms with Gasteiger partial charge in [-0.25, -0.2) is 0 Å². The van der Waals surface area contributed by atoms with E-state index in [0.29, 0.717) is 4.99 Å². The topological polar surface area (TPSA) is 20.3 Å². The highest BCUT2D eigenvalue weighted by molar-refractivity contribution is 8.20. The molecule has 1 aliphatic rings. The molecule has 20 heavy (non-hydrogen) atoms. The molecule has 0 atom stereocenters. The zero-order valence-corrected chi connectivity index (χ0v) is 12.2. The number of hydrogen-bond acceptors (Lipinski definition) is 3. The molecule has 0 aromatic heterocycles. The molecule has 98 valence electrons. The van der Waals surface area contributed by atoms with Gasteiger partial charge in [0.05, 0.1) is 10.6 Å². The second-order valence-corrected chi connectivity index (χ2v) is 5.64. The summed E-state index contributed by atoms with van der Waals surface area (Å²) >= 11 is 6.61. The fourth-order valence-corrected chi connectivity index (χ4v) is 3.25. The van der Waals surface area contributed by atoms with E-state index in [1.807, 2.05) is 66.7 Å². The lowest BCUT2D eigenvalue weighted by atomic mass is 10.2. The summed E-state index contributed by atoms with van der Waals surface area (Å²) in [6, 6.07) is 19.4. The highest BCUT2D eigenvalue weighted by Gasteiger charge is 2.32. The van der Waals surface area contributed by atoms with Gasteiger partial charge in [-0.15, -0.1) is 0 Å². The Bertz CT molecular complexity index is 680. The van der Waals surface area contributed by atoms with Crippen molar-refractivity contribution >= 4 is 46.0 Å². The number of amides is 1. The summed E-state index contributed by atoms with van der Waals surface area (Å²) < 4.78 is 0. The largest absolute Gasteiger partial charge is 0.296 e. The molecule has 4 heteroatoms. The Kier molecular flexibility index (Phi) is 3.67.